The first-order valence-electron chi connectivity index (χ1n) is 7.58. The summed E-state index contributed by atoms with van der Waals surface area (Å²) < 4.78 is 41.9. The van der Waals surface area contributed by atoms with Gasteiger partial charge in [0.05, 0.1) is 11.4 Å². The van der Waals surface area contributed by atoms with Crippen molar-refractivity contribution >= 4 is 23.5 Å². The predicted octanol–water partition coefficient (Wildman–Crippen LogP) is 3.25. The number of nitrogens with one attached hydrogen (secondary N) is 2. The molecule has 1 saturated heterocycles. The van der Waals surface area contributed by atoms with Crippen LogP contribution in [0.3, 0.4) is 0 Å². The van der Waals surface area contributed by atoms with E-state index in [2.05, 4.69) is 15.7 Å². The maximum absolute atomic E-state index is 13.4. The molecule has 0 atom stereocenters. The fraction of sp³-hybridized carbons (Fsp3) is 0.714. The molecule has 1 aromatic heterocycles. The number of rotatable bonds is 3. The summed E-state index contributed by atoms with van der Waals surface area (Å²) in [6, 6.07) is -0.816. The molecule has 0 spiro atoms. The molecule has 9 heteroatoms. The molecule has 2 aliphatic rings. The predicted molar refractivity (Wildman–Crippen MR) is 82.7 cm³/mol. The van der Waals surface area contributed by atoms with E-state index >= 15 is 0 Å². The normalized spacial score (nSPS) is 21.0. The number of hydrogen-bond acceptors (Lipinski definition) is 3. The Hall–Kier alpha value is -1.38. The van der Waals surface area contributed by atoms with Crippen molar-refractivity contribution in [2.24, 2.45) is 7.05 Å². The average Bonchev–Trinajstić information content (AvgIpc) is 3.23. The van der Waals surface area contributed by atoms with Crippen LogP contribution in [-0.2, 0) is 7.05 Å². The SMILES string of the molecule is Cn1cc(NC(=O)NC2(C(F)(F)F)CCSCC2)c(C2CC2)n1. The van der Waals surface area contributed by atoms with Crippen molar-refractivity contribution in [1.29, 1.82) is 0 Å². The number of urea groups is 1. The molecule has 5 nitrogen and oxygen atoms in total. The number of hydrogen-bond donors (Lipinski definition) is 2. The Morgan fingerprint density at radius 3 is 2.61 bits per heavy atom. The smallest absolute Gasteiger partial charge is 0.323 e. The van der Waals surface area contributed by atoms with Crippen molar-refractivity contribution in [2.45, 2.75) is 43.3 Å². The van der Waals surface area contributed by atoms with Crippen LogP contribution in [-0.4, -0.2) is 39.0 Å². The molecule has 0 radical (unpaired) electrons. The molecule has 1 aromatic rings. The summed E-state index contributed by atoms with van der Waals surface area (Å²) in [5.41, 5.74) is -0.887. The lowest BCUT2D eigenvalue weighted by molar-refractivity contribution is -0.195. The number of halogens is 3. The number of carbonyl (C=O) groups excluding carboxylic acids is 1. The molecule has 2 fully saturated rings. The van der Waals surface area contributed by atoms with E-state index in [0.29, 0.717) is 23.1 Å². The van der Waals surface area contributed by atoms with Crippen LogP contribution in [0.1, 0.15) is 37.3 Å². The van der Waals surface area contributed by atoms with Gasteiger partial charge in [-0.05, 0) is 37.2 Å². The first-order valence-corrected chi connectivity index (χ1v) is 8.73. The Kier molecular flexibility index (Phi) is 4.24. The van der Waals surface area contributed by atoms with E-state index in [1.165, 1.54) is 11.8 Å². The van der Waals surface area contributed by atoms with Gasteiger partial charge in [0, 0.05) is 19.2 Å². The number of aryl methyl sites for hydroxylation is 1. The van der Waals surface area contributed by atoms with Crippen LogP contribution in [0.25, 0.3) is 0 Å². The van der Waals surface area contributed by atoms with Crippen molar-refractivity contribution in [3.05, 3.63) is 11.9 Å². The summed E-state index contributed by atoms with van der Waals surface area (Å²) in [5.74, 6) is 1.08. The summed E-state index contributed by atoms with van der Waals surface area (Å²) in [5, 5.41) is 9.04. The lowest BCUT2D eigenvalue weighted by atomic mass is 9.91. The van der Waals surface area contributed by atoms with Crippen molar-refractivity contribution < 1.29 is 18.0 Å². The van der Waals surface area contributed by atoms with E-state index in [1.54, 1.807) is 17.9 Å². The number of anilines is 1. The standard InChI is InChI=1S/C14H19F3N4OS/c1-21-8-10(11(20-21)9-2-3-9)18-12(22)19-13(14(15,16)17)4-6-23-7-5-13/h8-9H,2-7H2,1H3,(H2,18,19,22). The molecule has 23 heavy (non-hydrogen) atoms. The van der Waals surface area contributed by atoms with Gasteiger partial charge in [-0.1, -0.05) is 0 Å². The van der Waals surface area contributed by atoms with E-state index in [9.17, 15) is 18.0 Å². The lowest BCUT2D eigenvalue weighted by Crippen LogP contribution is -2.61. The molecule has 2 N–H and O–H groups in total. The molecule has 1 aliphatic heterocycles. The third-order valence-corrected chi connectivity index (χ3v) is 5.30. The zero-order valence-electron chi connectivity index (χ0n) is 12.7. The van der Waals surface area contributed by atoms with Crippen molar-refractivity contribution in [3.63, 3.8) is 0 Å². The second kappa shape index (κ2) is 5.92. The van der Waals surface area contributed by atoms with Gasteiger partial charge in [-0.25, -0.2) is 4.79 Å². The van der Waals surface area contributed by atoms with Gasteiger partial charge >= 0.3 is 12.2 Å². The second-order valence-corrected chi connectivity index (χ2v) is 7.37. The van der Waals surface area contributed by atoms with Crippen LogP contribution in [0.2, 0.25) is 0 Å². The van der Waals surface area contributed by atoms with E-state index in [0.717, 1.165) is 18.5 Å². The highest BCUT2D eigenvalue weighted by Gasteiger charge is 2.56. The van der Waals surface area contributed by atoms with Gasteiger partial charge in [-0.2, -0.15) is 30.0 Å². The average molecular weight is 348 g/mol. The Morgan fingerprint density at radius 1 is 1.39 bits per heavy atom. The van der Waals surface area contributed by atoms with E-state index < -0.39 is 17.7 Å². The fourth-order valence-corrected chi connectivity index (χ4v) is 4.02. The Bertz CT molecular complexity index is 591. The molecular weight excluding hydrogens is 329 g/mol. The number of nitrogens with zero attached hydrogens (tertiary/aromatic N) is 2. The molecule has 1 aliphatic carbocycles. The third-order valence-electron chi connectivity index (χ3n) is 4.31. The Morgan fingerprint density at radius 2 is 2.04 bits per heavy atom. The van der Waals surface area contributed by atoms with Crippen molar-refractivity contribution in [3.8, 4) is 0 Å². The molecule has 1 saturated carbocycles. The van der Waals surface area contributed by atoms with Gasteiger partial charge in [0.15, 0.2) is 0 Å². The first-order chi connectivity index (χ1) is 10.8. The summed E-state index contributed by atoms with van der Waals surface area (Å²) in [4.78, 5) is 12.2. The van der Waals surface area contributed by atoms with Gasteiger partial charge in [0.1, 0.15) is 5.54 Å². The molecule has 0 bridgehead atoms. The van der Waals surface area contributed by atoms with Crippen LogP contribution in [0, 0.1) is 0 Å². The number of aromatic nitrogens is 2. The van der Waals surface area contributed by atoms with Gasteiger partial charge in [0.2, 0.25) is 0 Å². The van der Waals surface area contributed by atoms with E-state index in [-0.39, 0.29) is 12.8 Å². The highest BCUT2D eigenvalue weighted by Crippen LogP contribution is 2.43. The fourth-order valence-electron chi connectivity index (χ4n) is 2.83. The van der Waals surface area contributed by atoms with Crippen molar-refractivity contribution in [2.75, 3.05) is 16.8 Å². The summed E-state index contributed by atoms with van der Waals surface area (Å²) in [6.07, 6.45) is -1.04. The molecule has 3 rings (SSSR count). The zero-order valence-corrected chi connectivity index (χ0v) is 13.6. The minimum Gasteiger partial charge on any atom is -0.323 e. The Labute approximate surface area is 136 Å². The topological polar surface area (TPSA) is 59.0 Å². The van der Waals surface area contributed by atoms with Gasteiger partial charge in [0.25, 0.3) is 0 Å². The minimum atomic E-state index is -4.46. The van der Waals surface area contributed by atoms with Crippen LogP contribution < -0.4 is 10.6 Å². The maximum Gasteiger partial charge on any atom is 0.411 e. The van der Waals surface area contributed by atoms with Gasteiger partial charge < -0.3 is 10.6 Å². The zero-order chi connectivity index (χ0) is 16.7. The molecule has 2 heterocycles. The number of amides is 2. The van der Waals surface area contributed by atoms with E-state index in [1.807, 2.05) is 0 Å². The molecule has 0 aromatic carbocycles. The molecular formula is C14H19F3N4OS. The van der Waals surface area contributed by atoms with Crippen LogP contribution in [0.15, 0.2) is 6.20 Å². The van der Waals surface area contributed by atoms with E-state index in [4.69, 9.17) is 0 Å². The van der Waals surface area contributed by atoms with Crippen LogP contribution in [0.4, 0.5) is 23.7 Å². The summed E-state index contributed by atoms with van der Waals surface area (Å²) >= 11 is 1.48. The summed E-state index contributed by atoms with van der Waals surface area (Å²) in [7, 11) is 1.73. The minimum absolute atomic E-state index is 0.100. The quantitative estimate of drug-likeness (QED) is 0.882. The summed E-state index contributed by atoms with van der Waals surface area (Å²) in [6.45, 7) is 0. The largest absolute Gasteiger partial charge is 0.411 e. The van der Waals surface area contributed by atoms with Gasteiger partial charge in [-0.15, -0.1) is 0 Å². The highest BCUT2D eigenvalue weighted by molar-refractivity contribution is 7.99. The molecule has 128 valence electrons. The highest BCUT2D eigenvalue weighted by atomic mass is 32.2. The Balaban J connectivity index is 1.72. The first kappa shape index (κ1) is 16.5. The monoisotopic (exact) mass is 348 g/mol. The lowest BCUT2D eigenvalue weighted by Gasteiger charge is -2.39. The molecule has 0 unspecified atom stereocenters. The third kappa shape index (κ3) is 3.44. The van der Waals surface area contributed by atoms with Gasteiger partial charge in [-0.3, -0.25) is 4.68 Å². The number of alkyl halides is 3. The van der Waals surface area contributed by atoms with Crippen LogP contribution >= 0.6 is 11.8 Å². The second-order valence-electron chi connectivity index (χ2n) is 6.15. The maximum atomic E-state index is 13.4. The van der Waals surface area contributed by atoms with Crippen LogP contribution in [0.5, 0.6) is 0 Å². The number of thioether (sulfide) groups is 1. The molecule has 2 amide bonds. The number of carbonyl (C=O) groups is 1. The van der Waals surface area contributed by atoms with Crippen molar-refractivity contribution in [1.82, 2.24) is 15.1 Å².